The minimum Gasteiger partial charge on any atom is -0.376 e. The highest BCUT2D eigenvalue weighted by atomic mass is 79.9. The second-order valence-electron chi connectivity index (χ2n) is 4.81. The van der Waals surface area contributed by atoms with Gasteiger partial charge in [0, 0.05) is 17.1 Å². The molecule has 0 aliphatic carbocycles. The first-order chi connectivity index (χ1) is 8.08. The molecule has 0 amide bonds. The number of ether oxygens (including phenoxy) is 1. The van der Waals surface area contributed by atoms with Gasteiger partial charge in [0.05, 0.1) is 13.2 Å². The summed E-state index contributed by atoms with van der Waals surface area (Å²) >= 11 is 3.42. The monoisotopic (exact) mass is 299 g/mol. The van der Waals surface area contributed by atoms with Crippen molar-refractivity contribution in [3.05, 3.63) is 34.3 Å². The molecular weight excluding hydrogens is 278 g/mol. The van der Waals surface area contributed by atoms with Crippen LogP contribution in [0.4, 0.5) is 0 Å². The lowest BCUT2D eigenvalue weighted by Gasteiger charge is -2.15. The normalized spacial score (nSPS) is 13.0. The van der Waals surface area contributed by atoms with Crippen LogP contribution in [0.2, 0.25) is 0 Å². The Morgan fingerprint density at radius 2 is 1.82 bits per heavy atom. The quantitative estimate of drug-likeness (QED) is 0.831. The molecule has 0 aliphatic heterocycles. The fraction of sp³-hybridized carbons (Fsp3) is 0.571. The largest absolute Gasteiger partial charge is 0.376 e. The SMILES string of the molecule is CC(CNC(C)C)COCc1ccc(Br)cc1. The van der Waals surface area contributed by atoms with Crippen molar-refractivity contribution in [2.45, 2.75) is 33.4 Å². The highest BCUT2D eigenvalue weighted by molar-refractivity contribution is 9.10. The van der Waals surface area contributed by atoms with Gasteiger partial charge in [-0.1, -0.05) is 48.8 Å². The predicted molar refractivity (Wildman–Crippen MR) is 76.1 cm³/mol. The Balaban J connectivity index is 2.16. The minimum absolute atomic E-state index is 0.545. The van der Waals surface area contributed by atoms with Gasteiger partial charge >= 0.3 is 0 Å². The third-order valence-electron chi connectivity index (χ3n) is 2.46. The van der Waals surface area contributed by atoms with E-state index in [0.717, 1.165) is 17.6 Å². The summed E-state index contributed by atoms with van der Waals surface area (Å²) in [7, 11) is 0. The van der Waals surface area contributed by atoms with Crippen LogP contribution in [-0.4, -0.2) is 19.2 Å². The zero-order chi connectivity index (χ0) is 12.7. The number of hydrogen-bond donors (Lipinski definition) is 1. The Hall–Kier alpha value is -0.380. The fourth-order valence-corrected chi connectivity index (χ4v) is 1.72. The van der Waals surface area contributed by atoms with E-state index in [1.54, 1.807) is 0 Å². The third-order valence-corrected chi connectivity index (χ3v) is 2.99. The average Bonchev–Trinajstić information content (AvgIpc) is 2.29. The van der Waals surface area contributed by atoms with E-state index < -0.39 is 0 Å². The molecule has 0 aliphatic rings. The topological polar surface area (TPSA) is 21.3 Å². The molecular formula is C14H22BrNO. The molecule has 0 heterocycles. The highest BCUT2D eigenvalue weighted by Crippen LogP contribution is 2.11. The Kier molecular flexibility index (Phi) is 6.78. The molecule has 1 N–H and O–H groups in total. The van der Waals surface area contributed by atoms with Gasteiger partial charge in [-0.3, -0.25) is 0 Å². The summed E-state index contributed by atoms with van der Waals surface area (Å²) in [6, 6.07) is 8.80. The second kappa shape index (κ2) is 7.85. The molecule has 0 radical (unpaired) electrons. The number of nitrogens with one attached hydrogen (secondary N) is 1. The van der Waals surface area contributed by atoms with E-state index in [9.17, 15) is 0 Å². The molecule has 1 aromatic rings. The van der Waals surface area contributed by atoms with Crippen LogP contribution in [-0.2, 0) is 11.3 Å². The lowest BCUT2D eigenvalue weighted by Crippen LogP contribution is -2.29. The zero-order valence-electron chi connectivity index (χ0n) is 10.9. The van der Waals surface area contributed by atoms with E-state index in [4.69, 9.17) is 4.74 Å². The van der Waals surface area contributed by atoms with Crippen molar-refractivity contribution in [2.75, 3.05) is 13.2 Å². The first-order valence-corrected chi connectivity index (χ1v) is 6.93. The van der Waals surface area contributed by atoms with E-state index in [1.807, 2.05) is 12.1 Å². The summed E-state index contributed by atoms with van der Waals surface area (Å²) in [5.41, 5.74) is 1.22. The van der Waals surface area contributed by atoms with Gasteiger partial charge in [-0.2, -0.15) is 0 Å². The molecule has 0 aromatic heterocycles. The molecule has 0 saturated carbocycles. The van der Waals surface area contributed by atoms with Gasteiger partial charge in [0.2, 0.25) is 0 Å². The van der Waals surface area contributed by atoms with Crippen LogP contribution in [0.3, 0.4) is 0 Å². The smallest absolute Gasteiger partial charge is 0.0717 e. The van der Waals surface area contributed by atoms with Crippen LogP contribution in [0.25, 0.3) is 0 Å². The van der Waals surface area contributed by atoms with Gasteiger partial charge in [0.1, 0.15) is 0 Å². The van der Waals surface area contributed by atoms with Crippen molar-refractivity contribution >= 4 is 15.9 Å². The second-order valence-corrected chi connectivity index (χ2v) is 5.73. The average molecular weight is 300 g/mol. The lowest BCUT2D eigenvalue weighted by molar-refractivity contribution is 0.0912. The molecule has 1 aromatic carbocycles. The number of halogens is 1. The number of hydrogen-bond acceptors (Lipinski definition) is 2. The van der Waals surface area contributed by atoms with Crippen molar-refractivity contribution in [1.29, 1.82) is 0 Å². The van der Waals surface area contributed by atoms with Gasteiger partial charge in [-0.15, -0.1) is 0 Å². The van der Waals surface area contributed by atoms with E-state index in [0.29, 0.717) is 18.6 Å². The summed E-state index contributed by atoms with van der Waals surface area (Å²) < 4.78 is 6.81. The van der Waals surface area contributed by atoms with Gasteiger partial charge in [-0.25, -0.2) is 0 Å². The number of rotatable bonds is 7. The Bertz CT molecular complexity index is 311. The van der Waals surface area contributed by atoms with Crippen LogP contribution in [0.1, 0.15) is 26.3 Å². The molecule has 3 heteroatoms. The Labute approximate surface area is 113 Å². The highest BCUT2D eigenvalue weighted by Gasteiger charge is 2.03. The molecule has 0 saturated heterocycles. The van der Waals surface area contributed by atoms with Crippen molar-refractivity contribution in [2.24, 2.45) is 5.92 Å². The molecule has 1 rings (SSSR count). The van der Waals surface area contributed by atoms with Gasteiger partial charge in [-0.05, 0) is 23.6 Å². The molecule has 1 atom stereocenters. The molecule has 17 heavy (non-hydrogen) atoms. The van der Waals surface area contributed by atoms with E-state index in [-0.39, 0.29) is 0 Å². The van der Waals surface area contributed by atoms with Crippen LogP contribution < -0.4 is 5.32 Å². The fourth-order valence-electron chi connectivity index (χ4n) is 1.45. The lowest BCUT2D eigenvalue weighted by atomic mass is 10.2. The van der Waals surface area contributed by atoms with Crippen LogP contribution >= 0.6 is 15.9 Å². The zero-order valence-corrected chi connectivity index (χ0v) is 12.5. The van der Waals surface area contributed by atoms with Crippen LogP contribution in [0.5, 0.6) is 0 Å². The van der Waals surface area contributed by atoms with Gasteiger partial charge in [0.25, 0.3) is 0 Å². The number of benzene rings is 1. The van der Waals surface area contributed by atoms with Gasteiger partial charge < -0.3 is 10.1 Å². The van der Waals surface area contributed by atoms with Gasteiger partial charge in [0.15, 0.2) is 0 Å². The van der Waals surface area contributed by atoms with Crippen molar-refractivity contribution in [3.63, 3.8) is 0 Å². The maximum Gasteiger partial charge on any atom is 0.0717 e. The van der Waals surface area contributed by atoms with Crippen molar-refractivity contribution in [1.82, 2.24) is 5.32 Å². The minimum atomic E-state index is 0.545. The standard InChI is InChI=1S/C14H22BrNO/c1-11(2)16-8-12(3)9-17-10-13-4-6-14(15)7-5-13/h4-7,11-12,16H,8-10H2,1-3H3. The predicted octanol–water partition coefficient (Wildman–Crippen LogP) is 3.60. The van der Waals surface area contributed by atoms with Crippen molar-refractivity contribution < 1.29 is 4.74 Å². The molecule has 1 unspecified atom stereocenters. The van der Waals surface area contributed by atoms with Crippen LogP contribution in [0.15, 0.2) is 28.7 Å². The molecule has 0 spiro atoms. The third kappa shape index (κ3) is 6.81. The Morgan fingerprint density at radius 3 is 2.41 bits per heavy atom. The van der Waals surface area contributed by atoms with E-state index >= 15 is 0 Å². The molecule has 0 bridgehead atoms. The first-order valence-electron chi connectivity index (χ1n) is 6.13. The summed E-state index contributed by atoms with van der Waals surface area (Å²) in [6.07, 6.45) is 0. The van der Waals surface area contributed by atoms with E-state index in [1.165, 1.54) is 5.56 Å². The summed E-state index contributed by atoms with van der Waals surface area (Å²) in [5, 5.41) is 3.42. The van der Waals surface area contributed by atoms with E-state index in [2.05, 4.69) is 54.2 Å². The maximum atomic E-state index is 5.70. The molecule has 96 valence electrons. The summed E-state index contributed by atoms with van der Waals surface area (Å²) in [4.78, 5) is 0. The van der Waals surface area contributed by atoms with Crippen LogP contribution in [0, 0.1) is 5.92 Å². The van der Waals surface area contributed by atoms with Crippen molar-refractivity contribution in [3.8, 4) is 0 Å². The maximum absolute atomic E-state index is 5.70. The first kappa shape index (κ1) is 14.7. The molecule has 2 nitrogen and oxygen atoms in total. The summed E-state index contributed by atoms with van der Waals surface area (Å²) in [5.74, 6) is 0.549. The summed E-state index contributed by atoms with van der Waals surface area (Å²) in [6.45, 7) is 9.04. The molecule has 0 fully saturated rings. The Morgan fingerprint density at radius 1 is 1.18 bits per heavy atom.